The molecule has 2 saturated heterocycles. The van der Waals surface area contributed by atoms with Crippen LogP contribution < -0.4 is 15.4 Å². The molecule has 3 aromatic rings. The number of rotatable bonds is 8. The van der Waals surface area contributed by atoms with E-state index >= 15 is 0 Å². The maximum absolute atomic E-state index is 13.9. The largest absolute Gasteiger partial charge is 0.496 e. The molecule has 5 atom stereocenters. The molecule has 3 heterocycles. The lowest BCUT2D eigenvalue weighted by Gasteiger charge is -2.30. The Labute approximate surface area is 232 Å². The predicted octanol–water partition coefficient (Wildman–Crippen LogP) is 2.46. The van der Waals surface area contributed by atoms with E-state index in [0.717, 1.165) is 22.9 Å². The van der Waals surface area contributed by atoms with E-state index in [9.17, 15) is 24.8 Å². The third kappa shape index (κ3) is 5.51. The van der Waals surface area contributed by atoms with Crippen LogP contribution in [0.25, 0.3) is 10.9 Å². The van der Waals surface area contributed by atoms with Gasteiger partial charge in [-0.3, -0.25) is 14.4 Å². The Bertz CT molecular complexity index is 1430. The van der Waals surface area contributed by atoms with Crippen LogP contribution in [0.15, 0.2) is 54.6 Å². The first-order valence-corrected chi connectivity index (χ1v) is 13.6. The zero-order valence-corrected chi connectivity index (χ0v) is 22.3. The first-order valence-electron chi connectivity index (χ1n) is 13.6. The van der Waals surface area contributed by atoms with E-state index in [1.807, 2.05) is 48.5 Å². The van der Waals surface area contributed by atoms with Gasteiger partial charge >= 0.3 is 0 Å². The van der Waals surface area contributed by atoms with Crippen molar-refractivity contribution in [1.29, 1.82) is 5.26 Å². The van der Waals surface area contributed by atoms with Crippen molar-refractivity contribution in [3.05, 3.63) is 65.9 Å². The molecule has 10 nitrogen and oxygen atoms in total. The first-order chi connectivity index (χ1) is 19.4. The van der Waals surface area contributed by atoms with E-state index in [-0.39, 0.29) is 24.2 Å². The van der Waals surface area contributed by atoms with Gasteiger partial charge in [-0.05, 0) is 49.4 Å². The van der Waals surface area contributed by atoms with Gasteiger partial charge in [0, 0.05) is 35.8 Å². The molecule has 2 aliphatic rings. The number of aromatic amines is 1. The van der Waals surface area contributed by atoms with Crippen LogP contribution in [-0.2, 0) is 9.59 Å². The number of aromatic nitrogens is 1. The molecule has 40 heavy (non-hydrogen) atoms. The van der Waals surface area contributed by atoms with Crippen LogP contribution in [0.2, 0.25) is 0 Å². The molecule has 2 aliphatic heterocycles. The van der Waals surface area contributed by atoms with Crippen molar-refractivity contribution in [2.24, 2.45) is 5.92 Å². The van der Waals surface area contributed by atoms with Crippen LogP contribution in [0.3, 0.4) is 0 Å². The highest BCUT2D eigenvalue weighted by atomic mass is 16.5. The van der Waals surface area contributed by atoms with Gasteiger partial charge in [-0.2, -0.15) is 5.26 Å². The second kappa shape index (κ2) is 11.8. The van der Waals surface area contributed by atoms with Gasteiger partial charge in [0.1, 0.15) is 17.5 Å². The third-order valence-electron chi connectivity index (χ3n) is 7.99. The molecule has 208 valence electrons. The zero-order valence-electron chi connectivity index (χ0n) is 22.3. The lowest BCUT2D eigenvalue weighted by atomic mass is 9.89. The fourth-order valence-electron chi connectivity index (χ4n) is 5.85. The average Bonchev–Trinajstić information content (AvgIpc) is 3.63. The van der Waals surface area contributed by atoms with E-state index in [4.69, 9.17) is 4.74 Å². The number of ether oxygens (including phenoxy) is 1. The fourth-order valence-corrected chi connectivity index (χ4v) is 5.85. The summed E-state index contributed by atoms with van der Waals surface area (Å²) in [6, 6.07) is 17.0. The summed E-state index contributed by atoms with van der Waals surface area (Å²) in [5.41, 5.74) is 2.09. The first kappa shape index (κ1) is 27.2. The Morgan fingerprint density at radius 3 is 2.75 bits per heavy atom. The highest BCUT2D eigenvalue weighted by Crippen LogP contribution is 2.34. The number of methoxy groups -OCH3 is 1. The number of piperidine rings is 1. The van der Waals surface area contributed by atoms with Gasteiger partial charge in [0.05, 0.1) is 19.2 Å². The normalized spacial score (nSPS) is 22.3. The summed E-state index contributed by atoms with van der Waals surface area (Å²) in [6.45, 7) is 0.913. The Hall–Kier alpha value is -4.36. The highest BCUT2D eigenvalue weighted by molar-refractivity contribution is 6.02. The van der Waals surface area contributed by atoms with E-state index < -0.39 is 30.0 Å². The number of carbonyl (C=O) groups excluding carboxylic acids is 3. The minimum atomic E-state index is -1.49. The zero-order chi connectivity index (χ0) is 28.2. The molecule has 0 bridgehead atoms. The number of aliphatic hydroxyl groups excluding tert-OH is 1. The Kier molecular flexibility index (Phi) is 8.03. The topological polar surface area (TPSA) is 148 Å². The smallest absolute Gasteiger partial charge is 0.271 e. The third-order valence-corrected chi connectivity index (χ3v) is 7.99. The van der Waals surface area contributed by atoms with Crippen molar-refractivity contribution in [3.63, 3.8) is 0 Å². The summed E-state index contributed by atoms with van der Waals surface area (Å²) >= 11 is 0. The molecule has 4 N–H and O–H groups in total. The Morgan fingerprint density at radius 2 is 2.02 bits per heavy atom. The quantitative estimate of drug-likeness (QED) is 0.321. The van der Waals surface area contributed by atoms with Crippen molar-refractivity contribution in [3.8, 4) is 11.8 Å². The standard InChI is InChI=1S/C30H33N5O5/c1-40-27-11-5-10-22-21(27)15-24(33-22)30(39)35-17-20(18-7-3-2-4-8-18)14-25(35)29(38)34-23(26(36)16-31)13-19-9-6-12-32-28(19)37/h2-5,7-8,10-11,15,19-20,23,25-26,33,36H,6,9,12-14,17H2,1H3,(H,32,37)(H,34,38)/t19-,20+,23-,25-,26?/m0/s1. The molecule has 0 aliphatic carbocycles. The minimum absolute atomic E-state index is 0.0803. The predicted molar refractivity (Wildman–Crippen MR) is 147 cm³/mol. The SMILES string of the molecule is COc1cccc2[nH]c(C(=O)N3C[C@H](c4ccccc4)C[C@H]3C(=O)N[C@@H](C[C@@H]3CCCNC3=O)C(O)C#N)cc12. The van der Waals surface area contributed by atoms with Crippen molar-refractivity contribution in [1.82, 2.24) is 20.5 Å². The summed E-state index contributed by atoms with van der Waals surface area (Å²) < 4.78 is 5.44. The molecule has 0 radical (unpaired) electrons. The number of hydrogen-bond acceptors (Lipinski definition) is 6. The van der Waals surface area contributed by atoms with Crippen molar-refractivity contribution in [2.75, 3.05) is 20.2 Å². The summed E-state index contributed by atoms with van der Waals surface area (Å²) in [7, 11) is 1.57. The van der Waals surface area contributed by atoms with Crippen LogP contribution in [0.5, 0.6) is 5.75 Å². The van der Waals surface area contributed by atoms with Gasteiger partial charge < -0.3 is 30.4 Å². The molecular weight excluding hydrogens is 510 g/mol. The molecule has 1 aromatic heterocycles. The second-order valence-corrected chi connectivity index (χ2v) is 10.5. The van der Waals surface area contributed by atoms with Gasteiger partial charge in [-0.1, -0.05) is 36.4 Å². The molecular formula is C30H33N5O5. The summed E-state index contributed by atoms with van der Waals surface area (Å²) in [6.07, 6.45) is 0.430. The van der Waals surface area contributed by atoms with Crippen molar-refractivity contribution in [2.45, 2.75) is 49.8 Å². The van der Waals surface area contributed by atoms with Gasteiger partial charge in [0.25, 0.3) is 5.91 Å². The number of aliphatic hydroxyl groups is 1. The lowest BCUT2D eigenvalue weighted by molar-refractivity contribution is -0.129. The number of nitrogens with zero attached hydrogens (tertiary/aromatic N) is 2. The fraction of sp³-hybridized carbons (Fsp3) is 0.400. The number of nitriles is 1. The number of amides is 3. The van der Waals surface area contributed by atoms with E-state index in [0.29, 0.717) is 37.4 Å². The van der Waals surface area contributed by atoms with Crippen LogP contribution in [0, 0.1) is 17.2 Å². The van der Waals surface area contributed by atoms with Crippen LogP contribution in [0.4, 0.5) is 0 Å². The summed E-state index contributed by atoms with van der Waals surface area (Å²) in [5, 5.41) is 26.3. The van der Waals surface area contributed by atoms with E-state index in [1.54, 1.807) is 24.1 Å². The van der Waals surface area contributed by atoms with Crippen LogP contribution in [-0.4, -0.2) is 71.1 Å². The summed E-state index contributed by atoms with van der Waals surface area (Å²) in [5.74, 6) is -0.806. The van der Waals surface area contributed by atoms with Crippen LogP contribution >= 0.6 is 0 Å². The molecule has 10 heteroatoms. The van der Waals surface area contributed by atoms with Gasteiger partial charge in [0.2, 0.25) is 11.8 Å². The molecule has 2 aromatic carbocycles. The molecule has 2 fully saturated rings. The molecule has 0 saturated carbocycles. The van der Waals surface area contributed by atoms with Gasteiger partial charge in [0.15, 0.2) is 6.10 Å². The monoisotopic (exact) mass is 543 g/mol. The number of fused-ring (bicyclic) bond motifs is 1. The molecule has 3 amide bonds. The molecule has 0 spiro atoms. The number of benzene rings is 2. The second-order valence-electron chi connectivity index (χ2n) is 10.5. The van der Waals surface area contributed by atoms with Gasteiger partial charge in [-0.15, -0.1) is 0 Å². The number of carbonyl (C=O) groups is 3. The minimum Gasteiger partial charge on any atom is -0.496 e. The van der Waals surface area contributed by atoms with Crippen molar-refractivity contribution >= 4 is 28.6 Å². The molecule has 5 rings (SSSR count). The maximum Gasteiger partial charge on any atom is 0.271 e. The number of likely N-dealkylation sites (tertiary alicyclic amines) is 1. The van der Waals surface area contributed by atoms with Crippen molar-refractivity contribution < 1.29 is 24.2 Å². The number of nitrogens with one attached hydrogen (secondary N) is 3. The Balaban J connectivity index is 1.41. The van der Waals surface area contributed by atoms with E-state index in [1.165, 1.54) is 0 Å². The van der Waals surface area contributed by atoms with Gasteiger partial charge in [-0.25, -0.2) is 0 Å². The summed E-state index contributed by atoms with van der Waals surface area (Å²) in [4.78, 5) is 44.7. The van der Waals surface area contributed by atoms with Crippen LogP contribution in [0.1, 0.15) is 47.7 Å². The average molecular weight is 544 g/mol. The Morgan fingerprint density at radius 1 is 1.23 bits per heavy atom. The maximum atomic E-state index is 13.9. The lowest BCUT2D eigenvalue weighted by Crippen LogP contribution is -2.53. The number of H-pyrrole nitrogens is 1. The van der Waals surface area contributed by atoms with E-state index in [2.05, 4.69) is 15.6 Å². The molecule has 1 unspecified atom stereocenters. The highest BCUT2D eigenvalue weighted by Gasteiger charge is 2.42. The number of hydrogen-bond donors (Lipinski definition) is 4.